The number of nitrogens with zero attached hydrogens (tertiary/aromatic N) is 3. The molecule has 4 rings (SSSR count). The summed E-state index contributed by atoms with van der Waals surface area (Å²) in [5.41, 5.74) is 3.00. The van der Waals surface area contributed by atoms with E-state index in [2.05, 4.69) is 16.3 Å². The Hall–Kier alpha value is -2.73. The van der Waals surface area contributed by atoms with Crippen molar-refractivity contribution in [2.75, 3.05) is 51.2 Å². The van der Waals surface area contributed by atoms with Crippen LogP contribution in [0.2, 0.25) is 5.02 Å². The van der Waals surface area contributed by atoms with Crippen LogP contribution in [-0.4, -0.2) is 68.1 Å². The van der Waals surface area contributed by atoms with Crippen LogP contribution < -0.4 is 10.2 Å². The Labute approximate surface area is 188 Å². The first-order chi connectivity index (χ1) is 15.0. The molecule has 3 amide bonds. The minimum Gasteiger partial charge on any atom is -0.368 e. The number of amides is 3. The van der Waals surface area contributed by atoms with Crippen molar-refractivity contribution < 1.29 is 9.59 Å². The smallest absolute Gasteiger partial charge is 0.317 e. The highest BCUT2D eigenvalue weighted by molar-refractivity contribution is 6.30. The standard InChI is InChI=1S/C24H29ClN4O2/c1-26-24(31)29-11-3-6-20(17-29)18-4-2-5-19(16-18)23(30)28-14-12-27(13-15-28)22-9-7-21(25)8-10-22/h2,4-5,7-10,16,20H,3,6,11-15,17H2,1H3,(H,26,31). The van der Waals surface area contributed by atoms with Crippen molar-refractivity contribution in [2.45, 2.75) is 18.8 Å². The average molecular weight is 441 g/mol. The minimum absolute atomic E-state index is 0.0320. The molecule has 164 valence electrons. The van der Waals surface area contributed by atoms with Gasteiger partial charge in [-0.3, -0.25) is 4.79 Å². The van der Waals surface area contributed by atoms with Crippen LogP contribution in [0.25, 0.3) is 0 Å². The summed E-state index contributed by atoms with van der Waals surface area (Å²) in [6, 6.07) is 15.8. The fourth-order valence-corrected chi connectivity index (χ4v) is 4.65. The molecule has 0 bridgehead atoms. The molecule has 1 atom stereocenters. The maximum absolute atomic E-state index is 13.2. The number of piperidine rings is 1. The predicted octanol–water partition coefficient (Wildman–Crippen LogP) is 3.82. The Kier molecular flexibility index (Phi) is 6.66. The molecule has 2 aromatic rings. The van der Waals surface area contributed by atoms with Crippen LogP contribution in [0.1, 0.15) is 34.7 Å². The van der Waals surface area contributed by atoms with Crippen molar-refractivity contribution in [3.05, 3.63) is 64.7 Å². The number of carbonyl (C=O) groups excluding carboxylic acids is 2. The number of likely N-dealkylation sites (tertiary alicyclic amines) is 1. The molecule has 31 heavy (non-hydrogen) atoms. The van der Waals surface area contributed by atoms with Gasteiger partial charge in [-0.1, -0.05) is 23.7 Å². The Bertz CT molecular complexity index is 925. The molecule has 2 aromatic carbocycles. The SMILES string of the molecule is CNC(=O)N1CCCC(c2cccc(C(=O)N3CCN(c4ccc(Cl)cc4)CC3)c2)C1. The lowest BCUT2D eigenvalue weighted by molar-refractivity contribution is 0.0746. The molecular weight excluding hydrogens is 412 g/mol. The molecule has 1 unspecified atom stereocenters. The van der Waals surface area contributed by atoms with E-state index in [1.54, 1.807) is 7.05 Å². The first-order valence-electron chi connectivity index (χ1n) is 10.9. The second kappa shape index (κ2) is 9.60. The number of benzene rings is 2. The molecule has 2 aliphatic rings. The molecule has 2 fully saturated rings. The van der Waals surface area contributed by atoms with Gasteiger partial charge in [0.2, 0.25) is 0 Å². The van der Waals surface area contributed by atoms with Gasteiger partial charge >= 0.3 is 6.03 Å². The molecule has 0 aliphatic carbocycles. The molecular formula is C24H29ClN4O2. The second-order valence-corrected chi connectivity index (χ2v) is 8.66. The first-order valence-corrected chi connectivity index (χ1v) is 11.3. The van der Waals surface area contributed by atoms with E-state index >= 15 is 0 Å². The Morgan fingerprint density at radius 3 is 2.42 bits per heavy atom. The number of halogens is 1. The zero-order chi connectivity index (χ0) is 21.8. The van der Waals surface area contributed by atoms with Crippen molar-refractivity contribution in [3.63, 3.8) is 0 Å². The summed E-state index contributed by atoms with van der Waals surface area (Å²) < 4.78 is 0. The molecule has 7 heteroatoms. The third kappa shape index (κ3) is 4.96. The topological polar surface area (TPSA) is 55.9 Å². The van der Waals surface area contributed by atoms with Gasteiger partial charge in [-0.15, -0.1) is 0 Å². The van der Waals surface area contributed by atoms with E-state index in [-0.39, 0.29) is 17.9 Å². The number of hydrogen-bond acceptors (Lipinski definition) is 3. The lowest BCUT2D eigenvalue weighted by Gasteiger charge is -2.36. The Balaban J connectivity index is 1.39. The molecule has 2 saturated heterocycles. The van der Waals surface area contributed by atoms with Crippen LogP contribution in [0, 0.1) is 0 Å². The lowest BCUT2D eigenvalue weighted by Crippen LogP contribution is -2.48. The highest BCUT2D eigenvalue weighted by Crippen LogP contribution is 2.28. The van der Waals surface area contributed by atoms with Gasteiger partial charge in [0.05, 0.1) is 0 Å². The number of hydrogen-bond donors (Lipinski definition) is 1. The summed E-state index contributed by atoms with van der Waals surface area (Å²) in [5, 5.41) is 3.44. The van der Waals surface area contributed by atoms with Crippen molar-refractivity contribution in [1.29, 1.82) is 0 Å². The third-order valence-corrected chi connectivity index (χ3v) is 6.54. The van der Waals surface area contributed by atoms with Crippen molar-refractivity contribution >= 4 is 29.2 Å². The number of urea groups is 1. The van der Waals surface area contributed by atoms with Crippen LogP contribution in [0.4, 0.5) is 10.5 Å². The maximum atomic E-state index is 13.2. The summed E-state index contributed by atoms with van der Waals surface area (Å²) in [7, 11) is 1.66. The molecule has 0 saturated carbocycles. The maximum Gasteiger partial charge on any atom is 0.317 e. The minimum atomic E-state index is -0.0320. The van der Waals surface area contributed by atoms with E-state index in [4.69, 9.17) is 11.6 Å². The third-order valence-electron chi connectivity index (χ3n) is 6.29. The summed E-state index contributed by atoms with van der Waals surface area (Å²) in [4.78, 5) is 31.2. The predicted molar refractivity (Wildman–Crippen MR) is 124 cm³/mol. The number of piperazine rings is 1. The van der Waals surface area contributed by atoms with Gasteiger partial charge in [-0.25, -0.2) is 4.79 Å². The highest BCUT2D eigenvalue weighted by atomic mass is 35.5. The van der Waals surface area contributed by atoms with Crippen LogP contribution in [0.5, 0.6) is 0 Å². The average Bonchev–Trinajstić information content (AvgIpc) is 2.84. The van der Waals surface area contributed by atoms with Crippen molar-refractivity contribution in [1.82, 2.24) is 15.1 Å². The number of anilines is 1. The fourth-order valence-electron chi connectivity index (χ4n) is 4.52. The summed E-state index contributed by atoms with van der Waals surface area (Å²) in [5.74, 6) is 0.345. The van der Waals surface area contributed by atoms with Crippen LogP contribution >= 0.6 is 11.6 Å². The largest absolute Gasteiger partial charge is 0.368 e. The summed E-state index contributed by atoms with van der Waals surface area (Å²) >= 11 is 5.99. The zero-order valence-corrected chi connectivity index (χ0v) is 18.6. The van der Waals surface area contributed by atoms with E-state index in [0.29, 0.717) is 19.6 Å². The van der Waals surface area contributed by atoms with E-state index in [9.17, 15) is 9.59 Å². The normalized spacial score (nSPS) is 19.3. The molecule has 0 spiro atoms. The van der Waals surface area contributed by atoms with E-state index in [1.165, 1.54) is 0 Å². The van der Waals surface area contributed by atoms with Gasteiger partial charge in [0.1, 0.15) is 0 Å². The van der Waals surface area contributed by atoms with Gasteiger partial charge in [0.15, 0.2) is 0 Å². The van der Waals surface area contributed by atoms with Gasteiger partial charge in [-0.2, -0.15) is 0 Å². The number of rotatable bonds is 3. The van der Waals surface area contributed by atoms with Crippen molar-refractivity contribution in [3.8, 4) is 0 Å². The van der Waals surface area contributed by atoms with E-state index in [1.807, 2.05) is 52.3 Å². The van der Waals surface area contributed by atoms with Crippen LogP contribution in [0.15, 0.2) is 48.5 Å². The molecule has 6 nitrogen and oxygen atoms in total. The van der Waals surface area contributed by atoms with E-state index < -0.39 is 0 Å². The van der Waals surface area contributed by atoms with Gasteiger partial charge in [-0.05, 0) is 54.8 Å². The monoisotopic (exact) mass is 440 g/mol. The molecule has 1 N–H and O–H groups in total. The molecule has 2 heterocycles. The highest BCUT2D eigenvalue weighted by Gasteiger charge is 2.26. The fraction of sp³-hybridized carbons (Fsp3) is 0.417. The molecule has 0 aromatic heterocycles. The van der Waals surface area contributed by atoms with Crippen LogP contribution in [0.3, 0.4) is 0 Å². The van der Waals surface area contributed by atoms with Crippen LogP contribution in [-0.2, 0) is 0 Å². The number of nitrogens with one attached hydrogen (secondary N) is 1. The van der Waals surface area contributed by atoms with Crippen molar-refractivity contribution in [2.24, 2.45) is 0 Å². The quantitative estimate of drug-likeness (QED) is 0.789. The van der Waals surface area contributed by atoms with Gasteiger partial charge in [0, 0.05) is 68.5 Å². The molecule has 2 aliphatic heterocycles. The van der Waals surface area contributed by atoms with E-state index in [0.717, 1.165) is 54.3 Å². The lowest BCUT2D eigenvalue weighted by atomic mass is 9.89. The molecule has 0 radical (unpaired) electrons. The van der Waals surface area contributed by atoms with Gasteiger partial charge < -0.3 is 20.0 Å². The first kappa shape index (κ1) is 21.5. The summed E-state index contributed by atoms with van der Waals surface area (Å²) in [6.45, 7) is 4.47. The summed E-state index contributed by atoms with van der Waals surface area (Å²) in [6.07, 6.45) is 2.01. The zero-order valence-electron chi connectivity index (χ0n) is 17.9. The van der Waals surface area contributed by atoms with Gasteiger partial charge in [0.25, 0.3) is 5.91 Å². The second-order valence-electron chi connectivity index (χ2n) is 8.22. The number of carbonyl (C=O) groups is 2. The Morgan fingerprint density at radius 2 is 1.71 bits per heavy atom. The Morgan fingerprint density at radius 1 is 0.968 bits per heavy atom.